The lowest BCUT2D eigenvalue weighted by Gasteiger charge is -2.50. The topological polar surface area (TPSA) is 32.7 Å². The number of likely N-dealkylation sites (tertiary alicyclic amines) is 1. The minimum absolute atomic E-state index is 0.0588. The van der Waals surface area contributed by atoms with Crippen molar-refractivity contribution in [1.29, 1.82) is 0 Å². The third kappa shape index (κ3) is 2.62. The second-order valence-electron chi connectivity index (χ2n) is 14.4. The Morgan fingerprint density at radius 1 is 1.15 bits per heavy atom. The summed E-state index contributed by atoms with van der Waals surface area (Å²) in [5, 5.41) is 10.4. The molecule has 6 fully saturated rings. The van der Waals surface area contributed by atoms with Crippen LogP contribution in [0.25, 0.3) is 0 Å². The van der Waals surface area contributed by atoms with Gasteiger partial charge in [0.25, 0.3) is 0 Å². The normalized spacial score (nSPS) is 60.1. The summed E-state index contributed by atoms with van der Waals surface area (Å²) in [6.45, 7) is 12.4. The zero-order valence-corrected chi connectivity index (χ0v) is 22.6. The summed E-state index contributed by atoms with van der Waals surface area (Å²) >= 11 is 6.28. The van der Waals surface area contributed by atoms with Crippen LogP contribution in [0.2, 0.25) is 0 Å². The van der Waals surface area contributed by atoms with E-state index in [1.807, 2.05) is 0 Å². The number of hydrogen-bond donors (Lipinski definition) is 1. The maximum absolute atomic E-state index is 10.4. The fourth-order valence-electron chi connectivity index (χ4n) is 11.9. The van der Waals surface area contributed by atoms with Gasteiger partial charge in [-0.1, -0.05) is 39.3 Å². The van der Waals surface area contributed by atoms with Crippen molar-refractivity contribution in [2.75, 3.05) is 19.0 Å². The van der Waals surface area contributed by atoms with E-state index in [4.69, 9.17) is 16.3 Å². The van der Waals surface area contributed by atoms with Gasteiger partial charge in [-0.3, -0.25) is 4.90 Å². The first-order valence-electron chi connectivity index (χ1n) is 14.6. The average Bonchev–Trinajstić information content (AvgIpc) is 3.13. The molecule has 12 atom stereocenters. The first kappa shape index (κ1) is 23.1. The number of halogens is 1. The lowest BCUT2D eigenvalue weighted by atomic mass is 9.56. The van der Waals surface area contributed by atoms with E-state index in [2.05, 4.69) is 38.7 Å². The van der Waals surface area contributed by atoms with Crippen molar-refractivity contribution in [3.05, 3.63) is 11.6 Å². The van der Waals surface area contributed by atoms with E-state index in [0.717, 1.165) is 36.6 Å². The molecule has 2 aliphatic heterocycles. The lowest BCUT2D eigenvalue weighted by Crippen LogP contribution is -2.54. The Morgan fingerprint density at radius 2 is 1.97 bits per heavy atom. The van der Waals surface area contributed by atoms with Crippen LogP contribution in [0.4, 0.5) is 0 Å². The third-order valence-corrected chi connectivity index (χ3v) is 13.5. The van der Waals surface area contributed by atoms with Gasteiger partial charge >= 0.3 is 0 Å². The second kappa shape index (κ2) is 7.27. The summed E-state index contributed by atoms with van der Waals surface area (Å²) in [6.07, 6.45) is 13.9. The van der Waals surface area contributed by atoms with Gasteiger partial charge in [-0.05, 0) is 92.3 Å². The first-order valence-corrected chi connectivity index (χ1v) is 15.1. The Labute approximate surface area is 212 Å². The zero-order chi connectivity index (χ0) is 23.7. The molecule has 0 amide bonds. The summed E-state index contributed by atoms with van der Waals surface area (Å²) in [7, 11) is 0. The van der Waals surface area contributed by atoms with Crippen LogP contribution in [0.5, 0.6) is 0 Å². The van der Waals surface area contributed by atoms with Crippen LogP contribution in [-0.2, 0) is 4.74 Å². The van der Waals surface area contributed by atoms with Crippen molar-refractivity contribution in [3.63, 3.8) is 0 Å². The molecule has 0 aromatic rings. The molecule has 2 spiro atoms. The highest BCUT2D eigenvalue weighted by Crippen LogP contribution is 2.87. The van der Waals surface area contributed by atoms with Crippen LogP contribution in [-0.4, -0.2) is 52.8 Å². The standard InChI is InChI=1S/C30H46ClNO2/c1-18-13-25-26(32(16-18)12-11-31)19(2)30(34-25)10-8-23-22-6-5-20-14-21(33)7-9-27(20,3)24(22)15-29(23)17-28(29,30)4/h14,18-19,21-26,33H,5-13,15-17H2,1-4H3/t18-,19+,21-,22-,23-,24-,25+,26-,27-,28?,29?,30?/m0/s1. The first-order chi connectivity index (χ1) is 16.2. The van der Waals surface area contributed by atoms with Crippen LogP contribution >= 0.6 is 11.6 Å². The highest BCUT2D eigenvalue weighted by Gasteiger charge is 2.84. The molecule has 0 aromatic heterocycles. The van der Waals surface area contributed by atoms with Gasteiger partial charge in [-0.15, -0.1) is 11.6 Å². The van der Waals surface area contributed by atoms with E-state index in [-0.39, 0.29) is 11.7 Å². The van der Waals surface area contributed by atoms with E-state index in [9.17, 15) is 5.11 Å². The highest BCUT2D eigenvalue weighted by atomic mass is 35.5. The number of aliphatic hydroxyl groups is 1. The van der Waals surface area contributed by atoms with Crippen molar-refractivity contribution in [2.24, 2.45) is 45.8 Å². The van der Waals surface area contributed by atoms with Crippen LogP contribution < -0.4 is 0 Å². The van der Waals surface area contributed by atoms with Crippen LogP contribution in [0.15, 0.2) is 11.6 Å². The Morgan fingerprint density at radius 3 is 2.76 bits per heavy atom. The number of piperidine rings is 1. The smallest absolute Gasteiger partial charge is 0.0787 e. The largest absolute Gasteiger partial charge is 0.389 e. The molecule has 34 heavy (non-hydrogen) atoms. The number of aliphatic hydroxyl groups excluding tert-OH is 1. The summed E-state index contributed by atoms with van der Waals surface area (Å²) in [5.74, 6) is 4.62. The number of alkyl halides is 1. The molecule has 2 saturated heterocycles. The van der Waals surface area contributed by atoms with Crippen molar-refractivity contribution in [1.82, 2.24) is 4.90 Å². The summed E-state index contributed by atoms with van der Waals surface area (Å²) in [5.41, 5.74) is 2.82. The van der Waals surface area contributed by atoms with Gasteiger partial charge in [0, 0.05) is 36.3 Å². The number of nitrogens with zero attached hydrogens (tertiary/aromatic N) is 1. The molecule has 4 heteroatoms. The molecule has 7 aliphatic rings. The summed E-state index contributed by atoms with van der Waals surface area (Å²) in [4.78, 5) is 2.70. The van der Waals surface area contributed by atoms with Crippen molar-refractivity contribution in [3.8, 4) is 0 Å². The molecule has 3 nitrogen and oxygen atoms in total. The van der Waals surface area contributed by atoms with E-state index in [1.165, 1.54) is 57.9 Å². The van der Waals surface area contributed by atoms with Crippen LogP contribution in [0, 0.1) is 45.8 Å². The number of rotatable bonds is 2. The van der Waals surface area contributed by atoms with Crippen LogP contribution in [0.3, 0.4) is 0 Å². The Kier molecular flexibility index (Phi) is 4.93. The summed E-state index contributed by atoms with van der Waals surface area (Å²) < 4.78 is 7.38. The maximum atomic E-state index is 10.4. The Balaban J connectivity index is 1.22. The SMILES string of the molecule is C[C@H]1C[C@H]2OC3(CC[C@H]4[C@@H]5CCC6=C[C@@H](O)CC[C@]6(C)[C@H]5CC45CC53C)[C@H](C)[C@@H]2N(CCCl)C1. The fourth-order valence-corrected chi connectivity index (χ4v) is 12.1. The molecule has 0 aromatic carbocycles. The quantitative estimate of drug-likeness (QED) is 0.381. The second-order valence-corrected chi connectivity index (χ2v) is 14.8. The molecule has 1 N–H and O–H groups in total. The van der Waals surface area contributed by atoms with Crippen molar-refractivity contribution >= 4 is 11.6 Å². The summed E-state index contributed by atoms with van der Waals surface area (Å²) in [6, 6.07) is 0.552. The molecular weight excluding hydrogens is 442 g/mol. The van der Waals surface area contributed by atoms with Crippen molar-refractivity contribution in [2.45, 2.75) is 109 Å². The molecule has 5 aliphatic carbocycles. The minimum Gasteiger partial charge on any atom is -0.389 e. The molecule has 0 bridgehead atoms. The average molecular weight is 488 g/mol. The molecule has 0 radical (unpaired) electrons. The van der Waals surface area contributed by atoms with Gasteiger partial charge in [-0.2, -0.15) is 0 Å². The van der Waals surface area contributed by atoms with Gasteiger partial charge in [0.05, 0.1) is 17.8 Å². The van der Waals surface area contributed by atoms with Gasteiger partial charge in [-0.25, -0.2) is 0 Å². The number of hydrogen-bond acceptors (Lipinski definition) is 3. The fraction of sp³-hybridized carbons (Fsp3) is 0.933. The molecule has 7 rings (SSSR count). The van der Waals surface area contributed by atoms with Crippen molar-refractivity contribution < 1.29 is 9.84 Å². The molecule has 2 heterocycles. The van der Waals surface area contributed by atoms with E-state index in [1.54, 1.807) is 5.57 Å². The molecule has 190 valence electrons. The molecular formula is C30H46ClNO2. The molecule has 3 unspecified atom stereocenters. The predicted molar refractivity (Wildman–Crippen MR) is 137 cm³/mol. The van der Waals surface area contributed by atoms with Crippen LogP contribution in [0.1, 0.15) is 85.5 Å². The van der Waals surface area contributed by atoms with E-state index in [0.29, 0.717) is 40.2 Å². The lowest BCUT2D eigenvalue weighted by molar-refractivity contribution is -0.148. The van der Waals surface area contributed by atoms with Gasteiger partial charge in [0.1, 0.15) is 0 Å². The van der Waals surface area contributed by atoms with Gasteiger partial charge in [0.2, 0.25) is 0 Å². The Hall–Kier alpha value is -0.0900. The highest BCUT2D eigenvalue weighted by molar-refractivity contribution is 6.18. The van der Waals surface area contributed by atoms with E-state index < -0.39 is 0 Å². The molecule has 4 saturated carbocycles. The maximum Gasteiger partial charge on any atom is 0.0787 e. The van der Waals surface area contributed by atoms with E-state index >= 15 is 0 Å². The third-order valence-electron chi connectivity index (χ3n) is 13.3. The number of ether oxygens (including phenoxy) is 1. The monoisotopic (exact) mass is 487 g/mol. The number of fused-ring (bicyclic) bond motifs is 6. The minimum atomic E-state index is -0.203. The number of allylic oxidation sites excluding steroid dienone is 1. The van der Waals surface area contributed by atoms with Gasteiger partial charge in [0.15, 0.2) is 0 Å². The van der Waals surface area contributed by atoms with Gasteiger partial charge < -0.3 is 9.84 Å². The Bertz CT molecular complexity index is 906. The predicted octanol–water partition coefficient (Wildman–Crippen LogP) is 6.03. The zero-order valence-electron chi connectivity index (χ0n) is 21.9.